The van der Waals surface area contributed by atoms with Crippen LogP contribution < -0.4 is 17.0 Å². The summed E-state index contributed by atoms with van der Waals surface area (Å²) < 4.78 is 14.9. The lowest BCUT2D eigenvalue weighted by Crippen LogP contribution is -2.31. The van der Waals surface area contributed by atoms with Gasteiger partial charge in [-0.25, -0.2) is 9.82 Å². The number of hydrogen-bond donors (Lipinski definition) is 3. The van der Waals surface area contributed by atoms with E-state index in [0.717, 1.165) is 0 Å². The predicted octanol–water partition coefficient (Wildman–Crippen LogP) is 1.35. The van der Waals surface area contributed by atoms with Gasteiger partial charge >= 0.3 is 0 Å². The van der Waals surface area contributed by atoms with Crippen LogP contribution in [-0.4, -0.2) is 9.78 Å². The van der Waals surface area contributed by atoms with E-state index < -0.39 is 11.9 Å². The van der Waals surface area contributed by atoms with Crippen molar-refractivity contribution in [2.24, 2.45) is 12.9 Å². The highest BCUT2D eigenvalue weighted by Crippen LogP contribution is 2.30. The van der Waals surface area contributed by atoms with Gasteiger partial charge in [-0.1, -0.05) is 11.6 Å². The second-order valence-corrected chi connectivity index (χ2v) is 4.28. The number of nitrogen functional groups attached to an aromatic ring is 1. The minimum Gasteiger partial charge on any atom is -0.398 e. The molecule has 5 nitrogen and oxygen atoms in total. The molecule has 0 fully saturated rings. The number of nitrogens with two attached hydrogens (primary N) is 2. The fourth-order valence-corrected chi connectivity index (χ4v) is 2.13. The average molecular weight is 270 g/mol. The van der Waals surface area contributed by atoms with E-state index in [2.05, 4.69) is 10.5 Å². The topological polar surface area (TPSA) is 81.9 Å². The minimum atomic E-state index is -0.527. The van der Waals surface area contributed by atoms with E-state index in [-0.39, 0.29) is 0 Å². The van der Waals surface area contributed by atoms with Gasteiger partial charge in [0, 0.05) is 18.3 Å². The normalized spacial score (nSPS) is 12.7. The van der Waals surface area contributed by atoms with E-state index in [1.54, 1.807) is 11.7 Å². The Hall–Kier alpha value is -1.63. The monoisotopic (exact) mass is 269 g/mol. The quantitative estimate of drug-likeness (QED) is 0.446. The molecular formula is C11H13ClFN5. The summed E-state index contributed by atoms with van der Waals surface area (Å²) in [4.78, 5) is 0. The van der Waals surface area contributed by atoms with Crippen molar-refractivity contribution >= 4 is 17.3 Å². The van der Waals surface area contributed by atoms with E-state index >= 15 is 0 Å². The van der Waals surface area contributed by atoms with Crippen molar-refractivity contribution in [1.29, 1.82) is 0 Å². The molecule has 18 heavy (non-hydrogen) atoms. The zero-order valence-corrected chi connectivity index (χ0v) is 10.4. The lowest BCUT2D eigenvalue weighted by molar-refractivity contribution is 0.568. The van der Waals surface area contributed by atoms with Crippen LogP contribution in [0.4, 0.5) is 10.1 Å². The van der Waals surface area contributed by atoms with Crippen molar-refractivity contribution < 1.29 is 4.39 Å². The van der Waals surface area contributed by atoms with Crippen molar-refractivity contribution in [1.82, 2.24) is 15.2 Å². The molecule has 1 atom stereocenters. The van der Waals surface area contributed by atoms with Crippen molar-refractivity contribution in [2.75, 3.05) is 5.73 Å². The molecule has 1 aromatic carbocycles. The maximum Gasteiger partial charge on any atom is 0.123 e. The summed E-state index contributed by atoms with van der Waals surface area (Å²) in [7, 11) is 1.72. The highest BCUT2D eigenvalue weighted by atomic mass is 35.5. The van der Waals surface area contributed by atoms with Gasteiger partial charge in [-0.3, -0.25) is 10.5 Å². The summed E-state index contributed by atoms with van der Waals surface area (Å²) in [6, 6.07) is 3.57. The van der Waals surface area contributed by atoms with Crippen molar-refractivity contribution in [2.45, 2.75) is 6.04 Å². The molecule has 5 N–H and O–H groups in total. The van der Waals surface area contributed by atoms with E-state index in [1.165, 1.54) is 24.4 Å². The molecular weight excluding hydrogens is 257 g/mol. The molecule has 0 amide bonds. The first-order valence-electron chi connectivity index (χ1n) is 5.23. The van der Waals surface area contributed by atoms with Crippen LogP contribution in [0.5, 0.6) is 0 Å². The number of anilines is 1. The second-order valence-electron chi connectivity index (χ2n) is 3.87. The molecule has 0 radical (unpaired) electrons. The minimum absolute atomic E-state index is 0.391. The van der Waals surface area contributed by atoms with Crippen molar-refractivity contribution in [3.8, 4) is 0 Å². The molecule has 1 unspecified atom stereocenters. The zero-order chi connectivity index (χ0) is 13.3. The Kier molecular flexibility index (Phi) is 3.51. The Morgan fingerprint density at radius 3 is 2.78 bits per heavy atom. The first-order valence-corrected chi connectivity index (χ1v) is 5.61. The van der Waals surface area contributed by atoms with Crippen LogP contribution in [0.2, 0.25) is 5.02 Å². The number of nitrogens with one attached hydrogen (secondary N) is 1. The van der Waals surface area contributed by atoms with Crippen LogP contribution in [0.3, 0.4) is 0 Å². The van der Waals surface area contributed by atoms with Gasteiger partial charge in [-0.05, 0) is 18.2 Å². The Morgan fingerprint density at radius 2 is 2.22 bits per heavy atom. The SMILES string of the molecule is Cn1ncc(Cl)c1C(NN)c1cc(F)ccc1N. The Labute approximate surface area is 108 Å². The van der Waals surface area contributed by atoms with Gasteiger partial charge < -0.3 is 5.73 Å². The molecule has 0 saturated heterocycles. The summed E-state index contributed by atoms with van der Waals surface area (Å²) in [6.07, 6.45) is 1.50. The van der Waals surface area contributed by atoms with Crippen molar-refractivity contribution in [3.05, 3.63) is 46.5 Å². The van der Waals surface area contributed by atoms with Gasteiger partial charge in [0.05, 0.1) is 23.0 Å². The molecule has 2 rings (SSSR count). The number of nitrogens with zero attached hydrogens (tertiary/aromatic N) is 2. The van der Waals surface area contributed by atoms with Crippen LogP contribution >= 0.6 is 11.6 Å². The van der Waals surface area contributed by atoms with Crippen LogP contribution in [0.25, 0.3) is 0 Å². The molecule has 1 aromatic heterocycles. The van der Waals surface area contributed by atoms with Gasteiger partial charge in [0.25, 0.3) is 0 Å². The fourth-order valence-electron chi connectivity index (χ4n) is 1.86. The molecule has 0 aliphatic heterocycles. The molecule has 96 valence electrons. The molecule has 0 aliphatic rings. The molecule has 0 spiro atoms. The Morgan fingerprint density at radius 1 is 1.50 bits per heavy atom. The van der Waals surface area contributed by atoms with Crippen LogP contribution in [0, 0.1) is 5.82 Å². The largest absolute Gasteiger partial charge is 0.398 e. The zero-order valence-electron chi connectivity index (χ0n) is 9.69. The summed E-state index contributed by atoms with van der Waals surface area (Å²) in [5.74, 6) is 5.13. The predicted molar refractivity (Wildman–Crippen MR) is 68.2 cm³/mol. The van der Waals surface area contributed by atoms with Crippen LogP contribution in [-0.2, 0) is 7.05 Å². The van der Waals surface area contributed by atoms with Crippen LogP contribution in [0.1, 0.15) is 17.3 Å². The smallest absolute Gasteiger partial charge is 0.123 e. The number of rotatable bonds is 3. The van der Waals surface area contributed by atoms with E-state index in [1.807, 2.05) is 0 Å². The summed E-state index contributed by atoms with van der Waals surface area (Å²) in [5.41, 5.74) is 9.98. The van der Waals surface area contributed by atoms with Gasteiger partial charge in [0.2, 0.25) is 0 Å². The highest BCUT2D eigenvalue weighted by Gasteiger charge is 2.22. The standard InChI is InChI=1S/C11H13ClFN5/c1-18-11(8(12)5-16-18)10(17-15)7-4-6(13)2-3-9(7)14/h2-5,10,17H,14-15H2,1H3. The number of halogens is 2. The lowest BCUT2D eigenvalue weighted by Gasteiger charge is -2.19. The Balaban J connectivity index is 2.55. The van der Waals surface area contributed by atoms with E-state index in [4.69, 9.17) is 23.2 Å². The fraction of sp³-hybridized carbons (Fsp3) is 0.182. The number of hydrogen-bond acceptors (Lipinski definition) is 4. The summed E-state index contributed by atoms with van der Waals surface area (Å²) in [6.45, 7) is 0. The van der Waals surface area contributed by atoms with Crippen molar-refractivity contribution in [3.63, 3.8) is 0 Å². The third-order valence-electron chi connectivity index (χ3n) is 2.74. The lowest BCUT2D eigenvalue weighted by atomic mass is 10.0. The maximum atomic E-state index is 13.3. The molecule has 0 aliphatic carbocycles. The molecule has 0 bridgehead atoms. The summed E-state index contributed by atoms with van der Waals surface area (Å²) in [5, 5.41) is 4.45. The third kappa shape index (κ3) is 2.17. The molecule has 2 aromatic rings. The first-order chi connectivity index (χ1) is 8.54. The highest BCUT2D eigenvalue weighted by molar-refractivity contribution is 6.31. The number of hydrazine groups is 1. The number of benzene rings is 1. The van der Waals surface area contributed by atoms with Gasteiger partial charge in [0.15, 0.2) is 0 Å². The molecule has 7 heteroatoms. The van der Waals surface area contributed by atoms with Crippen LogP contribution in [0.15, 0.2) is 24.4 Å². The Bertz CT molecular complexity index is 549. The molecule has 0 saturated carbocycles. The van der Waals surface area contributed by atoms with Gasteiger partial charge in [-0.15, -0.1) is 0 Å². The number of aromatic nitrogens is 2. The number of aryl methyl sites for hydroxylation is 1. The third-order valence-corrected chi connectivity index (χ3v) is 3.03. The van der Waals surface area contributed by atoms with Gasteiger partial charge in [-0.2, -0.15) is 5.10 Å². The van der Waals surface area contributed by atoms with E-state index in [9.17, 15) is 4.39 Å². The average Bonchev–Trinajstić information content (AvgIpc) is 2.66. The summed E-state index contributed by atoms with van der Waals surface area (Å²) >= 11 is 6.05. The molecule has 1 heterocycles. The maximum absolute atomic E-state index is 13.3. The first kappa shape index (κ1) is 12.8. The van der Waals surface area contributed by atoms with E-state index in [0.29, 0.717) is 22.0 Å². The van der Waals surface area contributed by atoms with Gasteiger partial charge in [0.1, 0.15) is 5.82 Å². The second kappa shape index (κ2) is 4.93.